The first-order valence-corrected chi connectivity index (χ1v) is 8.84. The van der Waals surface area contributed by atoms with Crippen molar-refractivity contribution in [2.24, 2.45) is 0 Å². The zero-order valence-corrected chi connectivity index (χ0v) is 15.3. The van der Waals surface area contributed by atoms with Crippen molar-refractivity contribution >= 4 is 39.4 Å². The molecule has 25 heavy (non-hydrogen) atoms. The number of carbonyl (C=O) groups is 1. The second kappa shape index (κ2) is 6.37. The summed E-state index contributed by atoms with van der Waals surface area (Å²) in [5.41, 5.74) is 5.85. The first kappa shape index (κ1) is 17.2. The van der Waals surface area contributed by atoms with Crippen LogP contribution in [0.4, 0.5) is 16.6 Å². The Bertz CT molecular complexity index is 843. The van der Waals surface area contributed by atoms with Gasteiger partial charge in [0, 0.05) is 31.6 Å². The van der Waals surface area contributed by atoms with Crippen LogP contribution in [0, 0.1) is 11.3 Å². The fourth-order valence-corrected chi connectivity index (χ4v) is 3.54. The lowest BCUT2D eigenvalue weighted by molar-refractivity contribution is 0.0240. The number of carbonyl (C=O) groups excluding carboxylic acids is 1. The minimum Gasteiger partial charge on any atom is -0.444 e. The van der Waals surface area contributed by atoms with Gasteiger partial charge in [-0.1, -0.05) is 0 Å². The van der Waals surface area contributed by atoms with Crippen LogP contribution in [0.3, 0.4) is 0 Å². The molecule has 0 spiro atoms. The van der Waals surface area contributed by atoms with E-state index in [1.54, 1.807) is 10.3 Å². The lowest BCUT2D eigenvalue weighted by Crippen LogP contribution is -2.50. The summed E-state index contributed by atoms with van der Waals surface area (Å²) in [5, 5.41) is 11.8. The van der Waals surface area contributed by atoms with Crippen molar-refractivity contribution in [3.63, 3.8) is 0 Å². The number of amides is 1. The molecule has 0 bridgehead atoms. The van der Waals surface area contributed by atoms with Gasteiger partial charge < -0.3 is 20.3 Å². The van der Waals surface area contributed by atoms with E-state index in [1.165, 1.54) is 11.3 Å². The molecule has 1 aliphatic rings. The molecule has 2 N–H and O–H groups in total. The van der Waals surface area contributed by atoms with Crippen LogP contribution in [-0.4, -0.2) is 52.7 Å². The number of nitriles is 1. The van der Waals surface area contributed by atoms with E-state index in [1.807, 2.05) is 25.7 Å². The fraction of sp³-hybridized carbons (Fsp3) is 0.500. The quantitative estimate of drug-likeness (QED) is 0.830. The summed E-state index contributed by atoms with van der Waals surface area (Å²) < 4.78 is 5.41. The number of piperazine rings is 1. The molecular weight excluding hydrogens is 340 g/mol. The van der Waals surface area contributed by atoms with Crippen LogP contribution in [0.2, 0.25) is 0 Å². The number of fused-ring (bicyclic) bond motifs is 1. The number of thiophene rings is 1. The molecule has 3 rings (SSSR count). The van der Waals surface area contributed by atoms with Crippen molar-refractivity contribution in [1.29, 1.82) is 5.26 Å². The third-order valence-electron chi connectivity index (χ3n) is 3.78. The van der Waals surface area contributed by atoms with Crippen molar-refractivity contribution in [1.82, 2.24) is 14.9 Å². The van der Waals surface area contributed by atoms with E-state index in [9.17, 15) is 10.1 Å². The van der Waals surface area contributed by atoms with Gasteiger partial charge in [-0.15, -0.1) is 11.3 Å². The molecule has 0 radical (unpaired) electrons. The molecular formula is C16H20N6O2S. The van der Waals surface area contributed by atoms with Gasteiger partial charge in [-0.05, 0) is 20.8 Å². The zero-order chi connectivity index (χ0) is 18.2. The van der Waals surface area contributed by atoms with E-state index in [0.29, 0.717) is 42.4 Å². The van der Waals surface area contributed by atoms with Gasteiger partial charge in [0.15, 0.2) is 0 Å². The number of anilines is 2. The molecule has 2 aromatic heterocycles. The van der Waals surface area contributed by atoms with Gasteiger partial charge in [-0.25, -0.2) is 9.78 Å². The summed E-state index contributed by atoms with van der Waals surface area (Å²) in [6, 6.07) is 2.18. The number of rotatable bonds is 1. The van der Waals surface area contributed by atoms with Crippen molar-refractivity contribution in [2.75, 3.05) is 36.8 Å². The number of hydrogen-bond donors (Lipinski definition) is 1. The lowest BCUT2D eigenvalue weighted by atomic mass is 10.2. The molecule has 3 heterocycles. The summed E-state index contributed by atoms with van der Waals surface area (Å²) in [6.07, 6.45) is -0.312. The van der Waals surface area contributed by atoms with Crippen LogP contribution in [0.5, 0.6) is 0 Å². The Kier molecular flexibility index (Phi) is 4.39. The highest BCUT2D eigenvalue weighted by atomic mass is 32.1. The van der Waals surface area contributed by atoms with E-state index in [-0.39, 0.29) is 12.0 Å². The maximum absolute atomic E-state index is 12.2. The smallest absolute Gasteiger partial charge is 0.410 e. The topological polar surface area (TPSA) is 108 Å². The SMILES string of the molecule is CC(C)(C)OC(=O)N1CCN(c2nc(N)nc3scc(C#N)c23)CC1. The summed E-state index contributed by atoms with van der Waals surface area (Å²) in [5.74, 6) is 0.840. The molecule has 0 saturated carbocycles. The Morgan fingerprint density at radius 2 is 2.00 bits per heavy atom. The van der Waals surface area contributed by atoms with Gasteiger partial charge in [-0.2, -0.15) is 10.2 Å². The third kappa shape index (κ3) is 3.58. The highest BCUT2D eigenvalue weighted by molar-refractivity contribution is 7.17. The predicted octanol–water partition coefficient (Wildman–Crippen LogP) is 2.20. The first-order chi connectivity index (χ1) is 11.8. The summed E-state index contributed by atoms with van der Waals surface area (Å²) in [4.78, 5) is 25.2. The minimum atomic E-state index is -0.514. The molecule has 2 aromatic rings. The number of aromatic nitrogens is 2. The van der Waals surface area contributed by atoms with Crippen LogP contribution < -0.4 is 10.6 Å². The number of nitrogen functional groups attached to an aromatic ring is 1. The zero-order valence-electron chi connectivity index (χ0n) is 14.4. The van der Waals surface area contributed by atoms with Crippen molar-refractivity contribution in [3.05, 3.63) is 10.9 Å². The molecule has 1 saturated heterocycles. The molecule has 0 aromatic carbocycles. The Balaban J connectivity index is 1.80. The van der Waals surface area contributed by atoms with Crippen molar-refractivity contribution in [3.8, 4) is 6.07 Å². The van der Waals surface area contributed by atoms with E-state index in [4.69, 9.17) is 10.5 Å². The average Bonchev–Trinajstić information content (AvgIpc) is 2.95. The largest absolute Gasteiger partial charge is 0.444 e. The van der Waals surface area contributed by atoms with Crippen LogP contribution in [0.15, 0.2) is 5.38 Å². The van der Waals surface area contributed by atoms with Crippen molar-refractivity contribution in [2.45, 2.75) is 26.4 Å². The highest BCUT2D eigenvalue weighted by Gasteiger charge is 2.28. The van der Waals surface area contributed by atoms with Gasteiger partial charge in [0.05, 0.1) is 10.9 Å². The average molecular weight is 360 g/mol. The Morgan fingerprint density at radius 1 is 1.32 bits per heavy atom. The van der Waals surface area contributed by atoms with Gasteiger partial charge >= 0.3 is 6.09 Å². The monoisotopic (exact) mass is 360 g/mol. The fourth-order valence-electron chi connectivity index (χ4n) is 2.68. The minimum absolute atomic E-state index is 0.184. The second-order valence-electron chi connectivity index (χ2n) is 6.80. The standard InChI is InChI=1S/C16H20N6O2S/c1-16(2,3)24-15(23)22-6-4-21(5-7-22)12-11-10(8-17)9-25-13(11)20-14(18)19-12/h9H,4-7H2,1-3H3,(H2,18,19,20). The lowest BCUT2D eigenvalue weighted by Gasteiger charge is -2.36. The Labute approximate surface area is 149 Å². The molecule has 1 amide bonds. The maximum atomic E-state index is 12.2. The number of hydrogen-bond acceptors (Lipinski definition) is 8. The van der Waals surface area contributed by atoms with Gasteiger partial charge in [0.1, 0.15) is 22.3 Å². The maximum Gasteiger partial charge on any atom is 0.410 e. The van der Waals surface area contributed by atoms with Crippen molar-refractivity contribution < 1.29 is 9.53 Å². The van der Waals surface area contributed by atoms with E-state index >= 15 is 0 Å². The second-order valence-corrected chi connectivity index (χ2v) is 7.66. The molecule has 9 heteroatoms. The summed E-state index contributed by atoms with van der Waals surface area (Å²) in [7, 11) is 0. The molecule has 8 nitrogen and oxygen atoms in total. The molecule has 0 unspecified atom stereocenters. The predicted molar refractivity (Wildman–Crippen MR) is 96.6 cm³/mol. The molecule has 1 aliphatic heterocycles. The Hall–Kier alpha value is -2.60. The van der Waals surface area contributed by atoms with Crippen LogP contribution in [0.1, 0.15) is 26.3 Å². The molecule has 1 fully saturated rings. The summed E-state index contributed by atoms with van der Waals surface area (Å²) in [6.45, 7) is 7.76. The number of ether oxygens (including phenoxy) is 1. The molecule has 0 atom stereocenters. The van der Waals surface area contributed by atoms with E-state index in [2.05, 4.69) is 16.0 Å². The van der Waals surface area contributed by atoms with Gasteiger partial charge in [0.25, 0.3) is 0 Å². The Morgan fingerprint density at radius 3 is 2.60 bits per heavy atom. The number of nitrogens with two attached hydrogens (primary N) is 1. The normalized spacial score (nSPS) is 15.3. The van der Waals surface area contributed by atoms with Crippen LogP contribution in [-0.2, 0) is 4.74 Å². The summed E-state index contributed by atoms with van der Waals surface area (Å²) >= 11 is 1.38. The van der Waals surface area contributed by atoms with Crippen LogP contribution in [0.25, 0.3) is 10.2 Å². The van der Waals surface area contributed by atoms with Crippen LogP contribution >= 0.6 is 11.3 Å². The molecule has 132 valence electrons. The van der Waals surface area contributed by atoms with Gasteiger partial charge in [-0.3, -0.25) is 0 Å². The van der Waals surface area contributed by atoms with Gasteiger partial charge in [0.2, 0.25) is 5.95 Å². The first-order valence-electron chi connectivity index (χ1n) is 7.96. The third-order valence-corrected chi connectivity index (χ3v) is 4.66. The molecule has 0 aliphatic carbocycles. The van der Waals surface area contributed by atoms with E-state index in [0.717, 1.165) is 5.39 Å². The number of nitrogens with zero attached hydrogens (tertiary/aromatic N) is 5. The highest BCUT2D eigenvalue weighted by Crippen LogP contribution is 2.32. The van der Waals surface area contributed by atoms with E-state index < -0.39 is 5.60 Å².